The van der Waals surface area contributed by atoms with E-state index in [1.54, 1.807) is 6.07 Å². The van der Waals surface area contributed by atoms with Gasteiger partial charge in [0.25, 0.3) is 5.69 Å². The molecule has 0 saturated heterocycles. The summed E-state index contributed by atoms with van der Waals surface area (Å²) in [6, 6.07) is 6.30. The highest BCUT2D eigenvalue weighted by atomic mass is 35.5. The summed E-state index contributed by atoms with van der Waals surface area (Å²) in [5, 5.41) is 10.6. The third-order valence-electron chi connectivity index (χ3n) is 2.52. The molecule has 0 aliphatic rings. The number of benzene rings is 1. The van der Waals surface area contributed by atoms with Crippen LogP contribution in [0.15, 0.2) is 36.5 Å². The maximum absolute atomic E-state index is 13.0. The first-order valence-corrected chi connectivity index (χ1v) is 5.65. The minimum absolute atomic E-state index is 0.0661. The highest BCUT2D eigenvalue weighted by Crippen LogP contribution is 2.39. The molecule has 104 valence electrons. The molecule has 1 heterocycles. The fourth-order valence-electron chi connectivity index (χ4n) is 1.64. The van der Waals surface area contributed by atoms with Crippen molar-refractivity contribution in [3.8, 4) is 11.3 Å². The van der Waals surface area contributed by atoms with E-state index in [-0.39, 0.29) is 10.6 Å². The molecule has 0 amide bonds. The number of aromatic nitrogens is 1. The van der Waals surface area contributed by atoms with Crippen LogP contribution in [0, 0.1) is 10.1 Å². The first-order valence-electron chi connectivity index (χ1n) is 5.27. The van der Waals surface area contributed by atoms with Gasteiger partial charge >= 0.3 is 6.18 Å². The Labute approximate surface area is 116 Å². The topological polar surface area (TPSA) is 56.0 Å². The van der Waals surface area contributed by atoms with Gasteiger partial charge in [0, 0.05) is 16.7 Å². The van der Waals surface area contributed by atoms with Crippen LogP contribution in [0.5, 0.6) is 0 Å². The first-order chi connectivity index (χ1) is 9.30. The van der Waals surface area contributed by atoms with Crippen LogP contribution in [-0.2, 0) is 6.18 Å². The highest BCUT2D eigenvalue weighted by Gasteiger charge is 2.36. The Morgan fingerprint density at radius 3 is 2.45 bits per heavy atom. The number of halogens is 4. The summed E-state index contributed by atoms with van der Waals surface area (Å²) in [7, 11) is 0. The van der Waals surface area contributed by atoms with Gasteiger partial charge < -0.3 is 0 Å². The minimum atomic E-state index is -4.77. The molecule has 8 heteroatoms. The molecular formula is C12H6ClF3N2O2. The predicted molar refractivity (Wildman–Crippen MR) is 66.3 cm³/mol. The third-order valence-corrected chi connectivity index (χ3v) is 2.85. The Kier molecular flexibility index (Phi) is 3.63. The maximum Gasteiger partial charge on any atom is 0.418 e. The van der Waals surface area contributed by atoms with Crippen molar-refractivity contribution in [3.63, 3.8) is 0 Å². The van der Waals surface area contributed by atoms with E-state index in [0.717, 1.165) is 6.20 Å². The molecule has 4 nitrogen and oxygen atoms in total. The van der Waals surface area contributed by atoms with Crippen molar-refractivity contribution < 1.29 is 18.1 Å². The molecule has 0 spiro atoms. The minimum Gasteiger partial charge on any atom is -0.258 e. The van der Waals surface area contributed by atoms with Crippen LogP contribution in [0.2, 0.25) is 5.02 Å². The van der Waals surface area contributed by atoms with E-state index in [0.29, 0.717) is 6.07 Å². The van der Waals surface area contributed by atoms with Crippen molar-refractivity contribution in [1.82, 2.24) is 4.98 Å². The van der Waals surface area contributed by atoms with Crippen molar-refractivity contribution in [3.05, 3.63) is 57.2 Å². The zero-order valence-corrected chi connectivity index (χ0v) is 10.4. The lowest BCUT2D eigenvalue weighted by Crippen LogP contribution is -2.09. The summed E-state index contributed by atoms with van der Waals surface area (Å²) in [5.41, 5.74) is -2.29. The SMILES string of the molecule is O=[N+]([O-])c1cnc(-c2ccccc2Cl)c(C(F)(F)F)c1. The molecule has 0 atom stereocenters. The zero-order valence-electron chi connectivity index (χ0n) is 9.69. The summed E-state index contributed by atoms with van der Waals surface area (Å²) >= 11 is 5.84. The average Bonchev–Trinajstić information content (AvgIpc) is 2.37. The Morgan fingerprint density at radius 2 is 1.90 bits per heavy atom. The third kappa shape index (κ3) is 2.72. The lowest BCUT2D eigenvalue weighted by Gasteiger charge is -2.12. The molecule has 0 N–H and O–H groups in total. The van der Waals surface area contributed by atoms with Gasteiger partial charge in [0.2, 0.25) is 0 Å². The zero-order chi connectivity index (χ0) is 14.9. The molecule has 0 fully saturated rings. The van der Waals surface area contributed by atoms with E-state index < -0.39 is 28.0 Å². The number of pyridine rings is 1. The molecule has 2 aromatic rings. The molecule has 1 aromatic carbocycles. The summed E-state index contributed by atoms with van der Waals surface area (Å²) in [6.45, 7) is 0. The molecule has 0 radical (unpaired) electrons. The second kappa shape index (κ2) is 5.09. The molecule has 0 unspecified atom stereocenters. The Balaban J connectivity index is 2.71. The van der Waals surface area contributed by atoms with E-state index in [4.69, 9.17) is 11.6 Å². The van der Waals surface area contributed by atoms with Gasteiger partial charge in [-0.15, -0.1) is 0 Å². The molecule has 1 aromatic heterocycles. The van der Waals surface area contributed by atoms with Crippen LogP contribution in [0.25, 0.3) is 11.3 Å². The highest BCUT2D eigenvalue weighted by molar-refractivity contribution is 6.33. The van der Waals surface area contributed by atoms with E-state index in [9.17, 15) is 23.3 Å². The van der Waals surface area contributed by atoms with Crippen molar-refractivity contribution >= 4 is 17.3 Å². The van der Waals surface area contributed by atoms with Crippen molar-refractivity contribution in [2.45, 2.75) is 6.18 Å². The van der Waals surface area contributed by atoms with Crippen molar-refractivity contribution in [2.75, 3.05) is 0 Å². The average molecular weight is 303 g/mol. The van der Waals surface area contributed by atoms with Crippen LogP contribution < -0.4 is 0 Å². The number of rotatable bonds is 2. The molecule has 20 heavy (non-hydrogen) atoms. The van der Waals surface area contributed by atoms with Gasteiger partial charge in [-0.3, -0.25) is 10.1 Å². The van der Waals surface area contributed by atoms with Crippen LogP contribution >= 0.6 is 11.6 Å². The quantitative estimate of drug-likeness (QED) is 0.613. The van der Waals surface area contributed by atoms with Gasteiger partial charge in [0.05, 0.1) is 16.2 Å². The Bertz CT molecular complexity index is 674. The normalized spacial score (nSPS) is 11.4. The van der Waals surface area contributed by atoms with Gasteiger partial charge in [-0.05, 0) is 6.07 Å². The standard InChI is InChI=1S/C12H6ClF3N2O2/c13-10-4-2-1-3-8(10)11-9(12(14,15)16)5-7(6-17-11)18(19)20/h1-6H. The summed E-state index contributed by atoms with van der Waals surface area (Å²) in [6.07, 6.45) is -4.00. The number of nitrogens with zero attached hydrogens (tertiary/aromatic N) is 2. The van der Waals surface area contributed by atoms with Gasteiger partial charge in [0.1, 0.15) is 6.20 Å². The largest absolute Gasteiger partial charge is 0.418 e. The van der Waals surface area contributed by atoms with Crippen LogP contribution in [-0.4, -0.2) is 9.91 Å². The predicted octanol–water partition coefficient (Wildman–Crippen LogP) is 4.33. The molecule has 0 aliphatic carbocycles. The molecule has 0 bridgehead atoms. The smallest absolute Gasteiger partial charge is 0.258 e. The first kappa shape index (κ1) is 14.3. The van der Waals surface area contributed by atoms with E-state index in [2.05, 4.69) is 4.98 Å². The van der Waals surface area contributed by atoms with E-state index >= 15 is 0 Å². The molecular weight excluding hydrogens is 297 g/mol. The van der Waals surface area contributed by atoms with Gasteiger partial charge in [-0.25, -0.2) is 4.98 Å². The second-order valence-corrected chi connectivity index (χ2v) is 4.23. The van der Waals surface area contributed by atoms with Gasteiger partial charge in [0.15, 0.2) is 0 Å². The van der Waals surface area contributed by atoms with Crippen LogP contribution in [0.1, 0.15) is 5.56 Å². The number of alkyl halides is 3. The monoisotopic (exact) mass is 302 g/mol. The summed E-state index contributed by atoms with van der Waals surface area (Å²) in [5.74, 6) is 0. The molecule has 0 aliphatic heterocycles. The Hall–Kier alpha value is -2.15. The van der Waals surface area contributed by atoms with Gasteiger partial charge in [-0.2, -0.15) is 13.2 Å². The lowest BCUT2D eigenvalue weighted by molar-refractivity contribution is -0.385. The second-order valence-electron chi connectivity index (χ2n) is 3.82. The number of hydrogen-bond acceptors (Lipinski definition) is 3. The van der Waals surface area contributed by atoms with Gasteiger partial charge in [-0.1, -0.05) is 29.8 Å². The molecule has 0 saturated carbocycles. The van der Waals surface area contributed by atoms with Crippen molar-refractivity contribution in [2.24, 2.45) is 0 Å². The maximum atomic E-state index is 13.0. The Morgan fingerprint density at radius 1 is 1.25 bits per heavy atom. The van der Waals surface area contributed by atoms with E-state index in [1.165, 1.54) is 18.2 Å². The van der Waals surface area contributed by atoms with E-state index in [1.807, 2.05) is 0 Å². The summed E-state index contributed by atoms with van der Waals surface area (Å²) in [4.78, 5) is 13.2. The lowest BCUT2D eigenvalue weighted by atomic mass is 10.0. The number of nitro groups is 1. The van der Waals surface area contributed by atoms with Crippen molar-refractivity contribution in [1.29, 1.82) is 0 Å². The fraction of sp³-hybridized carbons (Fsp3) is 0.0833. The number of hydrogen-bond donors (Lipinski definition) is 0. The summed E-state index contributed by atoms with van der Waals surface area (Å²) < 4.78 is 39.0. The molecule has 2 rings (SSSR count). The fourth-order valence-corrected chi connectivity index (χ4v) is 1.86. The van der Waals surface area contributed by atoms with Crippen LogP contribution in [0.4, 0.5) is 18.9 Å². The van der Waals surface area contributed by atoms with Crippen LogP contribution in [0.3, 0.4) is 0 Å².